The van der Waals surface area contributed by atoms with Crippen molar-refractivity contribution in [2.45, 2.75) is 19.0 Å². The zero-order chi connectivity index (χ0) is 6.91. The van der Waals surface area contributed by atoms with Gasteiger partial charge in [0.1, 0.15) is 6.07 Å². The zero-order valence-electron chi connectivity index (χ0n) is 5.59. The van der Waals surface area contributed by atoms with Crippen LogP contribution in [0.15, 0.2) is 0 Å². The lowest BCUT2D eigenvalue weighted by molar-refractivity contribution is 0.0858. The number of likely N-dealkylation sites (tertiary alicyclic amines) is 1. The van der Waals surface area contributed by atoms with Crippen LogP contribution in [0.2, 0.25) is 0 Å². The van der Waals surface area contributed by atoms with Gasteiger partial charge in [-0.15, -0.1) is 0 Å². The lowest BCUT2D eigenvalue weighted by Crippen LogP contribution is -2.58. The highest BCUT2D eigenvalue weighted by atomic mass is 15.3. The summed E-state index contributed by atoms with van der Waals surface area (Å²) in [7, 11) is 0. The summed E-state index contributed by atoms with van der Waals surface area (Å²) in [5.74, 6) is 0. The Hall–Kier alpha value is -0.590. The van der Waals surface area contributed by atoms with Crippen molar-refractivity contribution in [1.82, 2.24) is 4.90 Å². The van der Waals surface area contributed by atoms with Gasteiger partial charge in [-0.25, -0.2) is 0 Å². The minimum Gasteiger partial charge on any atom is -0.301 e. The van der Waals surface area contributed by atoms with Gasteiger partial charge in [-0.1, -0.05) is 0 Å². The Morgan fingerprint density at radius 2 is 2.22 bits per heavy atom. The largest absolute Gasteiger partial charge is 0.301 e. The van der Waals surface area contributed by atoms with E-state index in [1.807, 2.05) is 11.0 Å². The van der Waals surface area contributed by atoms with Crippen LogP contribution in [0.1, 0.15) is 13.3 Å². The first kappa shape index (κ1) is 6.53. The molecule has 3 heteroatoms. The van der Waals surface area contributed by atoms with Crippen molar-refractivity contribution in [2.24, 2.45) is 5.73 Å². The van der Waals surface area contributed by atoms with Gasteiger partial charge in [0.05, 0.1) is 0 Å². The maximum absolute atomic E-state index is 8.51. The third-order valence-corrected chi connectivity index (χ3v) is 1.74. The Balaban J connectivity index is 2.50. The monoisotopic (exact) mass is 125 g/mol. The van der Waals surface area contributed by atoms with Gasteiger partial charge in [0.15, 0.2) is 5.66 Å². The van der Waals surface area contributed by atoms with Crippen LogP contribution < -0.4 is 5.73 Å². The van der Waals surface area contributed by atoms with Crippen molar-refractivity contribution in [2.75, 3.05) is 13.1 Å². The Morgan fingerprint density at radius 1 is 1.67 bits per heavy atom. The van der Waals surface area contributed by atoms with E-state index in [0.29, 0.717) is 0 Å². The topological polar surface area (TPSA) is 53.1 Å². The molecule has 0 radical (unpaired) electrons. The first-order chi connectivity index (χ1) is 4.17. The molecule has 1 atom stereocenters. The van der Waals surface area contributed by atoms with Gasteiger partial charge in [-0.05, 0) is 13.3 Å². The summed E-state index contributed by atoms with van der Waals surface area (Å²) < 4.78 is 0. The second-order valence-electron chi connectivity index (χ2n) is 2.60. The first-order valence-electron chi connectivity index (χ1n) is 3.12. The van der Waals surface area contributed by atoms with Crippen molar-refractivity contribution in [3.63, 3.8) is 0 Å². The fourth-order valence-corrected chi connectivity index (χ4v) is 0.851. The zero-order valence-corrected chi connectivity index (χ0v) is 5.59. The molecule has 50 valence electrons. The summed E-state index contributed by atoms with van der Waals surface area (Å²) in [6, 6.07) is 2.05. The molecule has 1 saturated heterocycles. The summed E-state index contributed by atoms with van der Waals surface area (Å²) >= 11 is 0. The predicted molar refractivity (Wildman–Crippen MR) is 34.4 cm³/mol. The second kappa shape index (κ2) is 1.98. The van der Waals surface area contributed by atoms with E-state index in [0.717, 1.165) is 13.1 Å². The Kier molecular flexibility index (Phi) is 1.43. The smallest absolute Gasteiger partial charge is 0.156 e. The molecule has 0 aromatic heterocycles. The van der Waals surface area contributed by atoms with Crippen molar-refractivity contribution in [1.29, 1.82) is 5.26 Å². The molecule has 1 unspecified atom stereocenters. The molecule has 0 amide bonds. The van der Waals surface area contributed by atoms with Crippen molar-refractivity contribution in [3.05, 3.63) is 0 Å². The molecule has 3 nitrogen and oxygen atoms in total. The van der Waals surface area contributed by atoms with E-state index < -0.39 is 5.66 Å². The molecule has 0 bridgehead atoms. The predicted octanol–water partition coefficient (Wildman–Crippen LogP) is -0.109. The van der Waals surface area contributed by atoms with Crippen LogP contribution in [0.4, 0.5) is 0 Å². The quantitative estimate of drug-likeness (QED) is 0.532. The molecule has 0 spiro atoms. The minimum atomic E-state index is -0.724. The lowest BCUT2D eigenvalue weighted by atomic mass is 10.1. The van der Waals surface area contributed by atoms with Crippen molar-refractivity contribution < 1.29 is 0 Å². The van der Waals surface area contributed by atoms with Crippen LogP contribution in [0.3, 0.4) is 0 Å². The molecule has 1 heterocycles. The van der Waals surface area contributed by atoms with Gasteiger partial charge < -0.3 is 5.73 Å². The third kappa shape index (κ3) is 1.04. The minimum absolute atomic E-state index is 0.724. The van der Waals surface area contributed by atoms with Crippen LogP contribution in [-0.4, -0.2) is 23.7 Å². The molecule has 0 saturated carbocycles. The highest BCUT2D eigenvalue weighted by molar-refractivity contribution is 5.02. The van der Waals surface area contributed by atoms with Gasteiger partial charge >= 0.3 is 0 Å². The molecular weight excluding hydrogens is 114 g/mol. The van der Waals surface area contributed by atoms with E-state index in [9.17, 15) is 0 Å². The average molecular weight is 125 g/mol. The number of hydrogen-bond donors (Lipinski definition) is 1. The molecule has 0 aromatic carbocycles. The molecule has 1 rings (SSSR count). The number of nitriles is 1. The Bertz CT molecular complexity index is 141. The average Bonchev–Trinajstić information content (AvgIpc) is 1.60. The van der Waals surface area contributed by atoms with E-state index in [-0.39, 0.29) is 0 Å². The van der Waals surface area contributed by atoms with Gasteiger partial charge in [-0.2, -0.15) is 5.26 Å². The molecule has 1 aliphatic rings. The number of nitrogens with two attached hydrogens (primary N) is 1. The highest BCUT2D eigenvalue weighted by Gasteiger charge is 2.30. The summed E-state index contributed by atoms with van der Waals surface area (Å²) in [5.41, 5.74) is 4.86. The van der Waals surface area contributed by atoms with Crippen molar-refractivity contribution in [3.8, 4) is 6.07 Å². The number of rotatable bonds is 1. The maximum atomic E-state index is 8.51. The normalized spacial score (nSPS) is 25.9. The van der Waals surface area contributed by atoms with Crippen LogP contribution in [0, 0.1) is 11.3 Å². The summed E-state index contributed by atoms with van der Waals surface area (Å²) in [4.78, 5) is 1.97. The van der Waals surface area contributed by atoms with Crippen LogP contribution in [0.25, 0.3) is 0 Å². The van der Waals surface area contributed by atoms with Crippen LogP contribution in [-0.2, 0) is 0 Å². The fourth-order valence-electron chi connectivity index (χ4n) is 0.851. The second-order valence-corrected chi connectivity index (χ2v) is 2.60. The maximum Gasteiger partial charge on any atom is 0.156 e. The lowest BCUT2D eigenvalue weighted by Gasteiger charge is -2.39. The number of hydrogen-bond acceptors (Lipinski definition) is 3. The Morgan fingerprint density at radius 3 is 2.33 bits per heavy atom. The van der Waals surface area contributed by atoms with Gasteiger partial charge in [0.25, 0.3) is 0 Å². The highest BCUT2D eigenvalue weighted by Crippen LogP contribution is 2.15. The van der Waals surface area contributed by atoms with E-state index in [1.54, 1.807) is 6.92 Å². The van der Waals surface area contributed by atoms with Crippen LogP contribution >= 0.6 is 0 Å². The molecule has 9 heavy (non-hydrogen) atoms. The molecule has 1 fully saturated rings. The van der Waals surface area contributed by atoms with E-state index in [1.165, 1.54) is 6.42 Å². The fraction of sp³-hybridized carbons (Fsp3) is 0.833. The summed E-state index contributed by atoms with van der Waals surface area (Å²) in [5, 5.41) is 8.51. The van der Waals surface area contributed by atoms with Crippen molar-refractivity contribution >= 4 is 0 Å². The van der Waals surface area contributed by atoms with Gasteiger partial charge in [-0.3, -0.25) is 4.90 Å². The molecular formula is C6H11N3. The standard InChI is InChI=1S/C6H11N3/c1-6(8,5-7)9-3-2-4-9/h2-4,8H2,1H3. The van der Waals surface area contributed by atoms with Crippen LogP contribution in [0.5, 0.6) is 0 Å². The molecule has 0 aromatic rings. The van der Waals surface area contributed by atoms with E-state index in [4.69, 9.17) is 11.0 Å². The Labute approximate surface area is 55.1 Å². The third-order valence-electron chi connectivity index (χ3n) is 1.74. The SMILES string of the molecule is CC(N)(C#N)N1CCC1. The van der Waals surface area contributed by atoms with Gasteiger partial charge in [0.2, 0.25) is 0 Å². The molecule has 0 aliphatic carbocycles. The summed E-state index contributed by atoms with van der Waals surface area (Å²) in [6.45, 7) is 3.69. The molecule has 2 N–H and O–H groups in total. The molecule has 1 aliphatic heterocycles. The number of nitrogens with zero attached hydrogens (tertiary/aromatic N) is 2. The van der Waals surface area contributed by atoms with Gasteiger partial charge in [0, 0.05) is 13.1 Å². The first-order valence-corrected chi connectivity index (χ1v) is 3.12. The summed E-state index contributed by atoms with van der Waals surface area (Å²) in [6.07, 6.45) is 1.18. The van der Waals surface area contributed by atoms with E-state index >= 15 is 0 Å². The van der Waals surface area contributed by atoms with E-state index in [2.05, 4.69) is 0 Å².